The summed E-state index contributed by atoms with van der Waals surface area (Å²) in [6.45, 7) is 0. The number of amides is 1. The van der Waals surface area contributed by atoms with E-state index in [-0.39, 0.29) is 17.8 Å². The molecule has 0 heterocycles. The van der Waals surface area contributed by atoms with Crippen molar-refractivity contribution in [2.75, 3.05) is 11.9 Å². The smallest absolute Gasteiger partial charge is 0.213 e. The van der Waals surface area contributed by atoms with Crippen LogP contribution in [0.4, 0.5) is 14.5 Å². The van der Waals surface area contributed by atoms with Crippen molar-refractivity contribution in [3.05, 3.63) is 65.2 Å². The van der Waals surface area contributed by atoms with Crippen molar-refractivity contribution in [3.63, 3.8) is 0 Å². The minimum Gasteiger partial charge on any atom is -0.318 e. The number of anilines is 1. The van der Waals surface area contributed by atoms with Gasteiger partial charge in [-0.3, -0.25) is 9.59 Å². The van der Waals surface area contributed by atoms with Crippen LogP contribution < -0.4 is 4.90 Å². The van der Waals surface area contributed by atoms with Gasteiger partial charge in [0.25, 0.3) is 0 Å². The molecular formula is C16H13F2NO2. The number of carbonyl (C=O) groups is 2. The van der Waals surface area contributed by atoms with Crippen molar-refractivity contribution < 1.29 is 18.4 Å². The second-order valence-corrected chi connectivity index (χ2v) is 4.60. The highest BCUT2D eigenvalue weighted by Crippen LogP contribution is 2.16. The van der Waals surface area contributed by atoms with Gasteiger partial charge in [0.15, 0.2) is 5.78 Å². The Balaban J connectivity index is 2.15. The summed E-state index contributed by atoms with van der Waals surface area (Å²) in [5.74, 6) is -1.69. The van der Waals surface area contributed by atoms with Gasteiger partial charge in [0.05, 0.1) is 0 Å². The van der Waals surface area contributed by atoms with Crippen LogP contribution in [0.3, 0.4) is 0 Å². The Hall–Kier alpha value is -2.56. The first kappa shape index (κ1) is 14.8. The molecule has 0 aromatic heterocycles. The SMILES string of the molecule is CN(C=O)c1ccc(C(=O)Cc2ccc(F)cc2F)cc1. The zero-order valence-electron chi connectivity index (χ0n) is 11.3. The molecule has 0 aliphatic carbocycles. The van der Waals surface area contributed by atoms with E-state index in [9.17, 15) is 18.4 Å². The van der Waals surface area contributed by atoms with Crippen LogP contribution in [0.1, 0.15) is 15.9 Å². The fourth-order valence-corrected chi connectivity index (χ4v) is 1.88. The Bertz CT molecular complexity index is 668. The monoisotopic (exact) mass is 289 g/mol. The highest BCUT2D eigenvalue weighted by molar-refractivity contribution is 5.98. The molecule has 2 rings (SSSR count). The maximum absolute atomic E-state index is 13.5. The van der Waals surface area contributed by atoms with E-state index in [1.165, 1.54) is 11.0 Å². The summed E-state index contributed by atoms with van der Waals surface area (Å²) < 4.78 is 26.3. The minimum absolute atomic E-state index is 0.144. The van der Waals surface area contributed by atoms with Crippen LogP contribution >= 0.6 is 0 Å². The van der Waals surface area contributed by atoms with Crippen LogP contribution in [0.5, 0.6) is 0 Å². The second-order valence-electron chi connectivity index (χ2n) is 4.60. The van der Waals surface area contributed by atoms with Crippen molar-refractivity contribution in [2.45, 2.75) is 6.42 Å². The van der Waals surface area contributed by atoms with E-state index in [0.717, 1.165) is 12.1 Å². The Morgan fingerprint density at radius 3 is 2.38 bits per heavy atom. The molecule has 0 N–H and O–H groups in total. The number of benzene rings is 2. The molecule has 0 bridgehead atoms. The summed E-state index contributed by atoms with van der Waals surface area (Å²) in [5, 5.41) is 0. The predicted octanol–water partition coefficient (Wildman–Crippen LogP) is 2.98. The van der Waals surface area contributed by atoms with Gasteiger partial charge in [-0.15, -0.1) is 0 Å². The summed E-state index contributed by atoms with van der Waals surface area (Å²) in [7, 11) is 1.59. The van der Waals surface area contributed by atoms with Gasteiger partial charge in [0.2, 0.25) is 6.41 Å². The highest BCUT2D eigenvalue weighted by Gasteiger charge is 2.11. The largest absolute Gasteiger partial charge is 0.318 e. The van der Waals surface area contributed by atoms with Gasteiger partial charge >= 0.3 is 0 Å². The Labute approximate surface area is 120 Å². The normalized spacial score (nSPS) is 10.2. The fraction of sp³-hybridized carbons (Fsp3) is 0.125. The lowest BCUT2D eigenvalue weighted by molar-refractivity contribution is -0.107. The van der Waals surface area contributed by atoms with Gasteiger partial charge in [-0.25, -0.2) is 8.78 Å². The molecule has 0 radical (unpaired) electrons. The van der Waals surface area contributed by atoms with Crippen LogP contribution in [0.2, 0.25) is 0 Å². The van der Waals surface area contributed by atoms with Gasteiger partial charge < -0.3 is 4.90 Å². The molecule has 2 aromatic rings. The number of ketones is 1. The molecule has 3 nitrogen and oxygen atoms in total. The lowest BCUT2D eigenvalue weighted by atomic mass is 10.0. The summed E-state index contributed by atoms with van der Waals surface area (Å²) in [6, 6.07) is 9.53. The summed E-state index contributed by atoms with van der Waals surface area (Å²) >= 11 is 0. The molecule has 0 spiro atoms. The third-order valence-corrected chi connectivity index (χ3v) is 3.12. The zero-order chi connectivity index (χ0) is 15.4. The average Bonchev–Trinajstić information content (AvgIpc) is 2.49. The zero-order valence-corrected chi connectivity index (χ0v) is 11.3. The summed E-state index contributed by atoms with van der Waals surface area (Å²) in [4.78, 5) is 24.0. The summed E-state index contributed by atoms with van der Waals surface area (Å²) in [6.07, 6.45) is 0.514. The minimum atomic E-state index is -0.736. The third-order valence-electron chi connectivity index (χ3n) is 3.12. The van der Waals surface area contributed by atoms with Gasteiger partial charge in [-0.2, -0.15) is 0 Å². The van der Waals surface area contributed by atoms with Gasteiger partial charge in [0.1, 0.15) is 11.6 Å². The van der Waals surface area contributed by atoms with Crippen LogP contribution in [0.15, 0.2) is 42.5 Å². The van der Waals surface area contributed by atoms with Crippen LogP contribution in [-0.2, 0) is 11.2 Å². The van der Waals surface area contributed by atoms with Gasteiger partial charge in [0, 0.05) is 30.8 Å². The molecule has 2 aromatic carbocycles. The summed E-state index contributed by atoms with van der Waals surface area (Å²) in [5.41, 5.74) is 1.20. The quantitative estimate of drug-likeness (QED) is 0.627. The molecule has 0 atom stereocenters. The highest BCUT2D eigenvalue weighted by atomic mass is 19.1. The standard InChI is InChI=1S/C16H13F2NO2/c1-19(10-20)14-6-3-11(4-7-14)16(21)8-12-2-5-13(17)9-15(12)18/h2-7,9-10H,8H2,1H3. The lowest BCUT2D eigenvalue weighted by Crippen LogP contribution is -2.13. The molecule has 5 heteroatoms. The molecule has 0 aliphatic heterocycles. The molecule has 1 amide bonds. The maximum atomic E-state index is 13.5. The number of Topliss-reactive ketones (excluding diaryl/α,β-unsaturated/α-hetero) is 1. The van der Waals surface area contributed by atoms with Crippen molar-refractivity contribution in [3.8, 4) is 0 Å². The van der Waals surface area contributed by atoms with Crippen molar-refractivity contribution in [1.29, 1.82) is 0 Å². The molecule has 0 fully saturated rings. The third kappa shape index (κ3) is 3.51. The first-order valence-electron chi connectivity index (χ1n) is 6.26. The van der Waals surface area contributed by atoms with E-state index in [1.54, 1.807) is 31.3 Å². The molecule has 0 saturated heterocycles. The van der Waals surface area contributed by atoms with E-state index in [1.807, 2.05) is 0 Å². The Morgan fingerprint density at radius 1 is 1.14 bits per heavy atom. The second kappa shape index (κ2) is 6.26. The van der Waals surface area contributed by atoms with E-state index < -0.39 is 11.6 Å². The Kier molecular flexibility index (Phi) is 4.42. The molecule has 108 valence electrons. The van der Waals surface area contributed by atoms with Crippen molar-refractivity contribution in [2.24, 2.45) is 0 Å². The van der Waals surface area contributed by atoms with Crippen LogP contribution in [0.25, 0.3) is 0 Å². The number of rotatable bonds is 5. The Morgan fingerprint density at radius 2 is 1.81 bits per heavy atom. The fourth-order valence-electron chi connectivity index (χ4n) is 1.88. The number of nitrogens with zero attached hydrogens (tertiary/aromatic N) is 1. The molecule has 0 saturated carbocycles. The number of hydrogen-bond donors (Lipinski definition) is 0. The molecule has 0 aliphatic rings. The van der Waals surface area contributed by atoms with Gasteiger partial charge in [-0.05, 0) is 35.9 Å². The topological polar surface area (TPSA) is 37.4 Å². The van der Waals surface area contributed by atoms with Gasteiger partial charge in [-0.1, -0.05) is 6.07 Å². The number of carbonyl (C=O) groups excluding carboxylic acids is 2. The lowest BCUT2D eigenvalue weighted by Gasteiger charge is -2.10. The molecular weight excluding hydrogens is 276 g/mol. The number of hydrogen-bond acceptors (Lipinski definition) is 2. The van der Waals surface area contributed by atoms with E-state index in [0.29, 0.717) is 17.7 Å². The number of halogens is 2. The average molecular weight is 289 g/mol. The first-order valence-corrected chi connectivity index (χ1v) is 6.26. The predicted molar refractivity (Wildman–Crippen MR) is 75.3 cm³/mol. The molecule has 0 unspecified atom stereocenters. The van der Waals surface area contributed by atoms with E-state index in [4.69, 9.17) is 0 Å². The van der Waals surface area contributed by atoms with Crippen LogP contribution in [-0.4, -0.2) is 19.2 Å². The van der Waals surface area contributed by atoms with E-state index in [2.05, 4.69) is 0 Å². The molecule has 21 heavy (non-hydrogen) atoms. The van der Waals surface area contributed by atoms with Crippen molar-refractivity contribution >= 4 is 17.9 Å². The van der Waals surface area contributed by atoms with Crippen molar-refractivity contribution in [1.82, 2.24) is 0 Å². The van der Waals surface area contributed by atoms with E-state index >= 15 is 0 Å². The maximum Gasteiger partial charge on any atom is 0.213 e. The van der Waals surface area contributed by atoms with Crippen LogP contribution in [0, 0.1) is 11.6 Å². The first-order chi connectivity index (χ1) is 10.0.